The van der Waals surface area contributed by atoms with Crippen molar-refractivity contribution < 1.29 is 0 Å². The molecule has 43 heavy (non-hydrogen) atoms. The average Bonchev–Trinajstić information content (AvgIpc) is 3.08. The van der Waals surface area contributed by atoms with Gasteiger partial charge in [-0.3, -0.25) is 9.97 Å². The molecular weight excluding hydrogens is 524 g/mol. The maximum absolute atomic E-state index is 5.08. The maximum atomic E-state index is 5.08. The molecule has 0 amide bonds. The van der Waals surface area contributed by atoms with Crippen LogP contribution in [0.15, 0.2) is 134 Å². The van der Waals surface area contributed by atoms with Gasteiger partial charge in [-0.05, 0) is 41.5 Å². The molecule has 4 heteroatoms. The van der Waals surface area contributed by atoms with Crippen molar-refractivity contribution in [3.63, 3.8) is 0 Å². The summed E-state index contributed by atoms with van der Waals surface area (Å²) in [7, 11) is 0. The Morgan fingerprint density at radius 3 is 1.51 bits per heavy atom. The van der Waals surface area contributed by atoms with Crippen LogP contribution in [-0.4, -0.2) is 19.9 Å². The minimum absolute atomic E-state index is 0.212. The maximum Gasteiger partial charge on any atom is 0.0972 e. The number of aromatic nitrogens is 4. The largest absolute Gasteiger partial charge is 0.254 e. The first kappa shape index (κ1) is 25.2. The van der Waals surface area contributed by atoms with E-state index in [1.54, 1.807) is 0 Å². The lowest BCUT2D eigenvalue weighted by Crippen LogP contribution is -2.18. The van der Waals surface area contributed by atoms with Gasteiger partial charge in [-0.25, -0.2) is 9.97 Å². The Morgan fingerprint density at radius 2 is 0.930 bits per heavy atom. The van der Waals surface area contributed by atoms with Crippen molar-refractivity contribution >= 4 is 43.6 Å². The summed E-state index contributed by atoms with van der Waals surface area (Å²) in [6, 6.07) is 42.6. The fourth-order valence-corrected chi connectivity index (χ4v) is 6.06. The number of hydrogen-bond acceptors (Lipinski definition) is 4. The predicted molar refractivity (Wildman–Crippen MR) is 177 cm³/mol. The second-order valence-corrected chi connectivity index (χ2v) is 11.6. The molecule has 4 aromatic heterocycles. The zero-order valence-corrected chi connectivity index (χ0v) is 24.0. The molecule has 0 saturated carbocycles. The van der Waals surface area contributed by atoms with Crippen LogP contribution in [0.3, 0.4) is 0 Å². The van der Waals surface area contributed by atoms with E-state index < -0.39 is 0 Å². The first-order chi connectivity index (χ1) is 21.0. The SMILES string of the molecule is CC(C)(c1ccc(-c2ccc3ccc4cccnc4c3n2)cc1)c1cccc(-c2ccc3ccc4cccnc4c3n2)c1. The molecule has 0 bridgehead atoms. The van der Waals surface area contributed by atoms with E-state index in [4.69, 9.17) is 9.97 Å². The number of pyridine rings is 4. The molecule has 0 N–H and O–H groups in total. The second-order valence-electron chi connectivity index (χ2n) is 11.6. The smallest absolute Gasteiger partial charge is 0.0972 e. The number of fused-ring (bicyclic) bond motifs is 6. The number of nitrogens with zero attached hydrogens (tertiary/aromatic N) is 4. The van der Waals surface area contributed by atoms with Gasteiger partial charge in [0.05, 0.1) is 33.5 Å². The van der Waals surface area contributed by atoms with Gasteiger partial charge in [0.15, 0.2) is 0 Å². The summed E-state index contributed by atoms with van der Waals surface area (Å²) in [6.45, 7) is 4.55. The first-order valence-corrected chi connectivity index (χ1v) is 14.6. The van der Waals surface area contributed by atoms with Gasteiger partial charge in [-0.15, -0.1) is 0 Å². The molecule has 4 heterocycles. The molecule has 8 aromatic rings. The molecule has 204 valence electrons. The Labute approximate surface area is 249 Å². The summed E-state index contributed by atoms with van der Waals surface area (Å²) < 4.78 is 0. The van der Waals surface area contributed by atoms with Crippen molar-refractivity contribution in [1.82, 2.24) is 19.9 Å². The zero-order valence-electron chi connectivity index (χ0n) is 24.0. The van der Waals surface area contributed by atoms with E-state index >= 15 is 0 Å². The Hall–Kier alpha value is -5.48. The highest BCUT2D eigenvalue weighted by Gasteiger charge is 2.24. The monoisotopic (exact) mass is 552 g/mol. The van der Waals surface area contributed by atoms with E-state index in [1.165, 1.54) is 11.1 Å². The molecule has 4 aromatic carbocycles. The van der Waals surface area contributed by atoms with Crippen LogP contribution in [0.1, 0.15) is 25.0 Å². The summed E-state index contributed by atoms with van der Waals surface area (Å²) in [5.41, 5.74) is 10.1. The van der Waals surface area contributed by atoms with Crippen molar-refractivity contribution in [2.24, 2.45) is 0 Å². The molecule has 0 fully saturated rings. The number of benzene rings is 4. The highest BCUT2D eigenvalue weighted by molar-refractivity contribution is 6.04. The van der Waals surface area contributed by atoms with Crippen LogP contribution in [0.2, 0.25) is 0 Å². The van der Waals surface area contributed by atoms with Gasteiger partial charge in [0, 0.05) is 50.5 Å². The topological polar surface area (TPSA) is 51.6 Å². The van der Waals surface area contributed by atoms with Gasteiger partial charge in [-0.2, -0.15) is 0 Å². The predicted octanol–water partition coefficient (Wildman–Crippen LogP) is 9.54. The van der Waals surface area contributed by atoms with Crippen molar-refractivity contribution in [2.75, 3.05) is 0 Å². The van der Waals surface area contributed by atoms with Crippen molar-refractivity contribution in [3.05, 3.63) is 145 Å². The second kappa shape index (κ2) is 9.81. The molecular formula is C39H28N4. The Bertz CT molecular complexity index is 2320. The van der Waals surface area contributed by atoms with E-state index in [0.29, 0.717) is 0 Å². The lowest BCUT2D eigenvalue weighted by atomic mass is 9.77. The third-order valence-electron chi connectivity index (χ3n) is 8.65. The van der Waals surface area contributed by atoms with Crippen LogP contribution in [0, 0.1) is 0 Å². The third-order valence-corrected chi connectivity index (χ3v) is 8.65. The first-order valence-electron chi connectivity index (χ1n) is 14.6. The van der Waals surface area contributed by atoms with Gasteiger partial charge in [0.1, 0.15) is 0 Å². The fraction of sp³-hybridized carbons (Fsp3) is 0.0769. The van der Waals surface area contributed by atoms with E-state index in [9.17, 15) is 0 Å². The van der Waals surface area contributed by atoms with E-state index in [-0.39, 0.29) is 5.41 Å². The summed E-state index contributed by atoms with van der Waals surface area (Å²) in [5.74, 6) is 0. The fourth-order valence-electron chi connectivity index (χ4n) is 6.06. The Morgan fingerprint density at radius 1 is 0.419 bits per heavy atom. The summed E-state index contributed by atoms with van der Waals surface area (Å²) in [6.07, 6.45) is 3.66. The molecule has 0 spiro atoms. The van der Waals surface area contributed by atoms with Crippen molar-refractivity contribution in [2.45, 2.75) is 19.3 Å². The highest BCUT2D eigenvalue weighted by Crippen LogP contribution is 2.35. The van der Waals surface area contributed by atoms with Crippen LogP contribution in [-0.2, 0) is 5.41 Å². The molecule has 0 atom stereocenters. The Kier molecular flexibility index (Phi) is 5.76. The van der Waals surface area contributed by atoms with Gasteiger partial charge >= 0.3 is 0 Å². The highest BCUT2D eigenvalue weighted by atomic mass is 14.8. The average molecular weight is 553 g/mol. The van der Waals surface area contributed by atoms with Gasteiger partial charge in [0.2, 0.25) is 0 Å². The molecule has 0 aliphatic carbocycles. The summed E-state index contributed by atoms with van der Waals surface area (Å²) >= 11 is 0. The lowest BCUT2D eigenvalue weighted by Gasteiger charge is -2.27. The Balaban J connectivity index is 1.14. The van der Waals surface area contributed by atoms with E-state index in [2.05, 4.69) is 133 Å². The lowest BCUT2D eigenvalue weighted by molar-refractivity contribution is 0.641. The van der Waals surface area contributed by atoms with Gasteiger partial charge < -0.3 is 0 Å². The molecule has 0 unspecified atom stereocenters. The summed E-state index contributed by atoms with van der Waals surface area (Å²) in [4.78, 5) is 19.4. The molecule has 0 saturated heterocycles. The standard InChI is InChI=1S/C39H28N4/c1-39(2,31-18-14-25(15-19-31)33-20-16-28-12-10-26-7-4-22-40-35(26)37(28)42-33)32-9-3-6-30(24-32)34-21-17-29-13-11-27-8-5-23-41-36(27)38(29)43-34/h3-24H,1-2H3. The van der Waals surface area contributed by atoms with Crippen molar-refractivity contribution in [1.29, 1.82) is 0 Å². The molecule has 0 aliphatic rings. The zero-order chi connectivity index (χ0) is 29.0. The van der Waals surface area contributed by atoms with Crippen molar-refractivity contribution in [3.8, 4) is 22.5 Å². The minimum atomic E-state index is -0.212. The van der Waals surface area contributed by atoms with E-state index in [1.807, 2.05) is 24.5 Å². The molecule has 8 rings (SSSR count). The van der Waals surface area contributed by atoms with E-state index in [0.717, 1.165) is 66.1 Å². The number of rotatable bonds is 4. The summed E-state index contributed by atoms with van der Waals surface area (Å²) in [5, 5.41) is 4.39. The van der Waals surface area contributed by atoms with Crippen LogP contribution in [0.4, 0.5) is 0 Å². The van der Waals surface area contributed by atoms with Crippen LogP contribution >= 0.6 is 0 Å². The quantitative estimate of drug-likeness (QED) is 0.204. The number of hydrogen-bond donors (Lipinski definition) is 0. The van der Waals surface area contributed by atoms with Crippen LogP contribution in [0.25, 0.3) is 66.1 Å². The molecule has 0 aliphatic heterocycles. The van der Waals surface area contributed by atoms with Crippen LogP contribution in [0.5, 0.6) is 0 Å². The molecule has 4 nitrogen and oxygen atoms in total. The van der Waals surface area contributed by atoms with Gasteiger partial charge in [-0.1, -0.05) is 105 Å². The minimum Gasteiger partial charge on any atom is -0.254 e. The van der Waals surface area contributed by atoms with Gasteiger partial charge in [0.25, 0.3) is 0 Å². The normalized spacial score (nSPS) is 12.0. The van der Waals surface area contributed by atoms with Crippen LogP contribution < -0.4 is 0 Å². The molecule has 0 radical (unpaired) electrons. The third kappa shape index (κ3) is 4.31.